The van der Waals surface area contributed by atoms with Crippen LogP contribution >= 0.6 is 10.0 Å². The van der Waals surface area contributed by atoms with E-state index in [1.165, 1.54) is 41.4 Å². The lowest BCUT2D eigenvalue weighted by atomic mass is 10.0. The molecule has 13 aromatic rings. The summed E-state index contributed by atoms with van der Waals surface area (Å²) in [6, 6.07) is 96.4. The van der Waals surface area contributed by atoms with Crippen molar-refractivity contribution in [2.24, 2.45) is 0 Å². The van der Waals surface area contributed by atoms with Crippen LogP contribution in [0.4, 0.5) is 0 Å². The van der Waals surface area contributed by atoms with E-state index in [0.717, 1.165) is 61.3 Å². The van der Waals surface area contributed by atoms with E-state index in [4.69, 9.17) is 9.97 Å². The number of para-hydroxylation sites is 3. The predicted octanol–water partition coefficient (Wildman–Crippen LogP) is 17.0. The first kappa shape index (κ1) is 40.5. The smallest absolute Gasteiger partial charge is 0.162 e. The average Bonchev–Trinajstić information content (AvgIpc) is 3.95. The summed E-state index contributed by atoms with van der Waals surface area (Å²) in [6.07, 6.45) is 0. The molecule has 0 unspecified atom stereocenters. The predicted molar refractivity (Wildman–Crippen MR) is 287 cm³/mol. The van der Waals surface area contributed by atoms with Crippen molar-refractivity contribution in [1.29, 1.82) is 0 Å². The number of fused-ring (bicyclic) bond motifs is 6. The number of rotatable bonds is 9. The molecule has 10 aromatic carbocycles. The van der Waals surface area contributed by atoms with Crippen LogP contribution in [-0.4, -0.2) is 19.1 Å². The maximum Gasteiger partial charge on any atom is 0.162 e. The van der Waals surface area contributed by atoms with Gasteiger partial charge in [-0.05, 0) is 102 Å². The third-order valence-corrected chi connectivity index (χ3v) is 17.3. The molecule has 0 saturated heterocycles. The van der Waals surface area contributed by atoms with Gasteiger partial charge in [-0.1, -0.05) is 170 Å². The van der Waals surface area contributed by atoms with Gasteiger partial charge in [-0.25, -0.2) is 9.97 Å². The topological polar surface area (TPSA) is 35.6 Å². The number of nitrogens with zero attached hydrogens (tertiary/aromatic N) is 4. The standard InChI is InChI=1S/C64H44N4S/c1-5-21-45(22-6-1)46-23-19-25-48(41-46)64-65-58(47-24-20-32-53(42-47)69(50-26-7-2-8-27-50,51-28-9-3-10-29-51)52-30-11-4-12-31-52)44-63(66-64)68-61-38-18-15-35-56(61)57-43-49(39-40-62(57)68)67-59-36-16-13-33-54(59)55-34-14-17-37-60(55)67/h1-44H. The fourth-order valence-corrected chi connectivity index (χ4v) is 14.3. The van der Waals surface area contributed by atoms with Gasteiger partial charge in [0.25, 0.3) is 0 Å². The lowest BCUT2D eigenvalue weighted by Crippen LogP contribution is -2.06. The molecule has 3 aromatic heterocycles. The third-order valence-electron chi connectivity index (χ3n) is 13.4. The van der Waals surface area contributed by atoms with Crippen molar-refractivity contribution in [1.82, 2.24) is 19.1 Å². The molecule has 0 aliphatic rings. The van der Waals surface area contributed by atoms with Crippen LogP contribution in [0.5, 0.6) is 0 Å². The van der Waals surface area contributed by atoms with Gasteiger partial charge in [-0.2, -0.15) is 0 Å². The fourth-order valence-electron chi connectivity index (χ4n) is 10.4. The summed E-state index contributed by atoms with van der Waals surface area (Å²) >= 11 is 0. The molecule has 0 radical (unpaired) electrons. The molecule has 5 heteroatoms. The molecule has 0 saturated carbocycles. The zero-order valence-electron chi connectivity index (χ0n) is 37.6. The van der Waals surface area contributed by atoms with E-state index < -0.39 is 10.0 Å². The number of hydrogen-bond donors (Lipinski definition) is 0. The molecule has 0 bridgehead atoms. The Balaban J connectivity index is 1.05. The van der Waals surface area contributed by atoms with E-state index in [1.807, 2.05) is 0 Å². The minimum Gasteiger partial charge on any atom is -0.309 e. The Hall–Kier alpha value is -8.77. The Labute approximate surface area is 402 Å². The van der Waals surface area contributed by atoms with Crippen LogP contribution in [0, 0.1) is 0 Å². The Morgan fingerprint density at radius 1 is 0.275 bits per heavy atom. The van der Waals surface area contributed by atoms with Crippen molar-refractivity contribution in [2.75, 3.05) is 0 Å². The monoisotopic (exact) mass is 900 g/mol. The molecule has 326 valence electrons. The van der Waals surface area contributed by atoms with E-state index in [-0.39, 0.29) is 0 Å². The Bertz CT molecular complexity index is 3860. The zero-order chi connectivity index (χ0) is 45.7. The second kappa shape index (κ2) is 16.8. The molecule has 0 atom stereocenters. The Morgan fingerprint density at radius 3 is 1.33 bits per heavy atom. The Kier molecular flexibility index (Phi) is 9.88. The maximum absolute atomic E-state index is 5.53. The third kappa shape index (κ3) is 6.77. The quantitative estimate of drug-likeness (QED) is 0.145. The highest BCUT2D eigenvalue weighted by Gasteiger charge is 2.33. The van der Waals surface area contributed by atoms with Crippen molar-refractivity contribution < 1.29 is 0 Å². The molecule has 0 spiro atoms. The molecule has 0 amide bonds. The van der Waals surface area contributed by atoms with Crippen molar-refractivity contribution >= 4 is 53.6 Å². The summed E-state index contributed by atoms with van der Waals surface area (Å²) in [5.41, 5.74) is 10.7. The summed E-state index contributed by atoms with van der Waals surface area (Å²) in [6.45, 7) is 0. The molecular weight excluding hydrogens is 857 g/mol. The highest BCUT2D eigenvalue weighted by atomic mass is 32.3. The molecule has 0 fully saturated rings. The lowest BCUT2D eigenvalue weighted by molar-refractivity contribution is 1.05. The highest BCUT2D eigenvalue weighted by molar-refractivity contribution is 8.34. The largest absolute Gasteiger partial charge is 0.309 e. The molecule has 69 heavy (non-hydrogen) atoms. The van der Waals surface area contributed by atoms with E-state index in [9.17, 15) is 0 Å². The maximum atomic E-state index is 5.53. The van der Waals surface area contributed by atoms with Crippen LogP contribution in [0.25, 0.3) is 88.9 Å². The summed E-state index contributed by atoms with van der Waals surface area (Å²) < 4.78 is 4.72. The van der Waals surface area contributed by atoms with Gasteiger partial charge in [0.1, 0.15) is 5.82 Å². The van der Waals surface area contributed by atoms with E-state index in [2.05, 4.69) is 276 Å². The van der Waals surface area contributed by atoms with Crippen LogP contribution in [0.2, 0.25) is 0 Å². The molecule has 13 rings (SSSR count). The van der Waals surface area contributed by atoms with Crippen molar-refractivity contribution in [3.8, 4) is 45.3 Å². The van der Waals surface area contributed by atoms with Crippen LogP contribution in [0.1, 0.15) is 0 Å². The first-order valence-electron chi connectivity index (χ1n) is 23.4. The number of benzene rings is 10. The number of hydrogen-bond acceptors (Lipinski definition) is 2. The minimum atomic E-state index is -1.95. The molecule has 0 N–H and O–H groups in total. The van der Waals surface area contributed by atoms with Gasteiger partial charge < -0.3 is 4.57 Å². The summed E-state index contributed by atoms with van der Waals surface area (Å²) in [7, 11) is -1.95. The SMILES string of the molecule is c1ccc(-c2cccc(-c3nc(-c4cccc(S(c5ccccc5)(c5ccccc5)c5ccccc5)c4)cc(-n4c5ccccc5c5cc(-n6c7ccccc7c7ccccc76)ccc54)n3)c2)cc1. The second-order valence-corrected chi connectivity index (χ2v) is 20.5. The molecule has 4 nitrogen and oxygen atoms in total. The summed E-state index contributed by atoms with van der Waals surface area (Å²) in [5, 5.41) is 4.80. The van der Waals surface area contributed by atoms with Crippen LogP contribution in [0.15, 0.2) is 287 Å². The molecule has 3 heterocycles. The number of aromatic nitrogens is 4. The van der Waals surface area contributed by atoms with Crippen molar-refractivity contribution in [3.63, 3.8) is 0 Å². The van der Waals surface area contributed by atoms with Crippen LogP contribution in [0.3, 0.4) is 0 Å². The van der Waals surface area contributed by atoms with Crippen LogP contribution in [-0.2, 0) is 0 Å². The van der Waals surface area contributed by atoms with Gasteiger partial charge in [0, 0.05) is 64.0 Å². The second-order valence-electron chi connectivity index (χ2n) is 17.4. The van der Waals surface area contributed by atoms with Crippen LogP contribution < -0.4 is 0 Å². The van der Waals surface area contributed by atoms with Gasteiger partial charge >= 0.3 is 0 Å². The van der Waals surface area contributed by atoms with E-state index in [1.54, 1.807) is 0 Å². The van der Waals surface area contributed by atoms with E-state index >= 15 is 0 Å². The Morgan fingerprint density at radius 2 is 0.725 bits per heavy atom. The lowest BCUT2D eigenvalue weighted by Gasteiger charge is -2.42. The minimum absolute atomic E-state index is 0.659. The van der Waals surface area contributed by atoms with E-state index in [0.29, 0.717) is 5.82 Å². The normalized spacial score (nSPS) is 12.0. The van der Waals surface area contributed by atoms with Crippen molar-refractivity contribution in [2.45, 2.75) is 19.6 Å². The summed E-state index contributed by atoms with van der Waals surface area (Å²) in [4.78, 5) is 16.1. The zero-order valence-corrected chi connectivity index (χ0v) is 38.4. The molecule has 0 aliphatic heterocycles. The molecular formula is C64H44N4S. The first-order chi connectivity index (χ1) is 34.2. The van der Waals surface area contributed by atoms with Gasteiger partial charge in [0.15, 0.2) is 5.82 Å². The van der Waals surface area contributed by atoms with Gasteiger partial charge in [-0.15, -0.1) is 10.0 Å². The van der Waals surface area contributed by atoms with Gasteiger partial charge in [-0.3, -0.25) is 4.57 Å². The van der Waals surface area contributed by atoms with Gasteiger partial charge in [0.2, 0.25) is 0 Å². The van der Waals surface area contributed by atoms with Gasteiger partial charge in [0.05, 0.1) is 27.8 Å². The highest BCUT2D eigenvalue weighted by Crippen LogP contribution is 2.73. The molecule has 0 aliphatic carbocycles. The first-order valence-corrected chi connectivity index (χ1v) is 25.0. The fraction of sp³-hybridized carbons (Fsp3) is 0. The van der Waals surface area contributed by atoms with Crippen molar-refractivity contribution in [3.05, 3.63) is 267 Å². The summed E-state index contributed by atoms with van der Waals surface area (Å²) in [5.74, 6) is 1.46. The average molecular weight is 901 g/mol.